The van der Waals surface area contributed by atoms with Gasteiger partial charge in [-0.25, -0.2) is 28.7 Å². The molecule has 3 aromatic rings. The lowest BCUT2D eigenvalue weighted by Gasteiger charge is -2.12. The van der Waals surface area contributed by atoms with Crippen molar-refractivity contribution >= 4 is 17.6 Å². The van der Waals surface area contributed by atoms with Gasteiger partial charge in [-0.05, 0) is 36.2 Å². The Balaban J connectivity index is 1.77. The van der Waals surface area contributed by atoms with Crippen molar-refractivity contribution in [2.45, 2.75) is 25.6 Å². The Morgan fingerprint density at radius 1 is 1.00 bits per heavy atom. The van der Waals surface area contributed by atoms with Crippen molar-refractivity contribution in [3.8, 4) is 11.1 Å². The molecular weight excluding hydrogens is 423 g/mol. The van der Waals surface area contributed by atoms with Crippen LogP contribution >= 0.6 is 0 Å². The van der Waals surface area contributed by atoms with Crippen LogP contribution in [0.5, 0.6) is 0 Å². The van der Waals surface area contributed by atoms with Crippen molar-refractivity contribution in [2.24, 2.45) is 0 Å². The van der Waals surface area contributed by atoms with Crippen molar-refractivity contribution < 1.29 is 27.1 Å². The molecule has 0 bridgehead atoms. The van der Waals surface area contributed by atoms with Gasteiger partial charge in [-0.3, -0.25) is 0 Å². The first kappa shape index (κ1) is 22.3. The molecule has 0 saturated carbocycles. The van der Waals surface area contributed by atoms with E-state index in [1.54, 1.807) is 19.1 Å². The van der Waals surface area contributed by atoms with Gasteiger partial charge < -0.3 is 15.7 Å². The summed E-state index contributed by atoms with van der Waals surface area (Å²) in [6, 6.07) is 5.95. The lowest BCUT2D eigenvalue weighted by atomic mass is 10.1. The third kappa shape index (κ3) is 6.04. The topological polar surface area (TPSA) is 95.9 Å². The molecule has 0 saturated heterocycles. The number of benzene rings is 1. The zero-order valence-corrected chi connectivity index (χ0v) is 16.0. The fourth-order valence-electron chi connectivity index (χ4n) is 2.58. The quantitative estimate of drug-likeness (QED) is 0.477. The maximum atomic E-state index is 12.8. The van der Waals surface area contributed by atoms with E-state index >= 15 is 0 Å². The predicted octanol–water partition coefficient (Wildman–Crippen LogP) is 4.04. The first-order valence-corrected chi connectivity index (χ1v) is 8.93. The van der Waals surface area contributed by atoms with E-state index in [0.717, 1.165) is 17.8 Å². The molecule has 0 aliphatic heterocycles. The second kappa shape index (κ2) is 9.16. The van der Waals surface area contributed by atoms with E-state index in [1.165, 1.54) is 12.4 Å². The summed E-state index contributed by atoms with van der Waals surface area (Å²) in [6.07, 6.45) is -5.40. The maximum absolute atomic E-state index is 12.8. The summed E-state index contributed by atoms with van der Waals surface area (Å²) in [5, 5.41) is 14.4. The molecule has 0 aliphatic carbocycles. The van der Waals surface area contributed by atoms with Crippen LogP contribution < -0.4 is 10.6 Å². The Kier molecular flexibility index (Phi) is 6.59. The van der Waals surface area contributed by atoms with Crippen molar-refractivity contribution in [3.05, 3.63) is 54.1 Å². The van der Waals surface area contributed by atoms with Crippen molar-refractivity contribution in [1.29, 1.82) is 0 Å². The molecule has 7 nitrogen and oxygen atoms in total. The molecule has 3 rings (SSSR count). The smallest absolute Gasteiger partial charge is 0.385 e. The highest BCUT2D eigenvalue weighted by molar-refractivity contribution is 5.70. The second-order valence-electron chi connectivity index (χ2n) is 6.55. The molecule has 3 N–H and O–H groups in total. The molecule has 0 amide bonds. The number of aryl methyl sites for hydroxylation is 1. The molecule has 0 radical (unpaired) electrons. The highest BCUT2D eigenvalue weighted by Crippen LogP contribution is 2.29. The van der Waals surface area contributed by atoms with E-state index in [1.807, 2.05) is 6.07 Å². The first-order chi connectivity index (χ1) is 14.6. The Labute approximate surface area is 173 Å². The minimum Gasteiger partial charge on any atom is -0.385 e. The molecule has 31 heavy (non-hydrogen) atoms. The fraction of sp³-hybridized carbons (Fsp3) is 0.263. The van der Waals surface area contributed by atoms with Gasteiger partial charge in [0.05, 0.1) is 0 Å². The molecule has 12 heteroatoms. The number of halogens is 5. The molecule has 0 spiro atoms. The number of aliphatic hydroxyl groups is 1. The van der Waals surface area contributed by atoms with Crippen LogP contribution in [0.25, 0.3) is 11.1 Å². The van der Waals surface area contributed by atoms with Crippen LogP contribution in [-0.4, -0.2) is 44.1 Å². The van der Waals surface area contributed by atoms with Gasteiger partial charge in [0.1, 0.15) is 11.8 Å². The summed E-state index contributed by atoms with van der Waals surface area (Å²) >= 11 is 0. The van der Waals surface area contributed by atoms with Crippen LogP contribution in [0, 0.1) is 6.92 Å². The lowest BCUT2D eigenvalue weighted by Crippen LogP contribution is -2.27. The highest BCUT2D eigenvalue weighted by atomic mass is 19.4. The third-order valence-electron chi connectivity index (χ3n) is 4.02. The summed E-state index contributed by atoms with van der Waals surface area (Å²) in [4.78, 5) is 15.3. The first-order valence-electron chi connectivity index (χ1n) is 8.93. The largest absolute Gasteiger partial charge is 0.433 e. The summed E-state index contributed by atoms with van der Waals surface area (Å²) in [5.41, 5.74) is 1.43. The van der Waals surface area contributed by atoms with Gasteiger partial charge in [-0.15, -0.1) is 0 Å². The summed E-state index contributed by atoms with van der Waals surface area (Å²) in [6.45, 7) is 1.39. The van der Waals surface area contributed by atoms with Gasteiger partial charge in [-0.2, -0.15) is 13.2 Å². The normalized spacial score (nSPS) is 12.6. The van der Waals surface area contributed by atoms with E-state index in [2.05, 4.69) is 30.6 Å². The van der Waals surface area contributed by atoms with Gasteiger partial charge >= 0.3 is 6.18 Å². The van der Waals surface area contributed by atoms with Crippen LogP contribution in [0.4, 0.5) is 39.5 Å². The Morgan fingerprint density at radius 3 is 2.35 bits per heavy atom. The zero-order chi connectivity index (χ0) is 22.6. The van der Waals surface area contributed by atoms with E-state index < -0.39 is 30.9 Å². The van der Waals surface area contributed by atoms with E-state index in [0.29, 0.717) is 16.8 Å². The van der Waals surface area contributed by atoms with Gasteiger partial charge in [0.25, 0.3) is 6.43 Å². The number of hydrogen-bond donors (Lipinski definition) is 3. The van der Waals surface area contributed by atoms with Crippen LogP contribution in [0.3, 0.4) is 0 Å². The minimum atomic E-state index is -4.59. The number of aliphatic hydroxyl groups excluding tert-OH is 1. The molecular formula is C19H17F5N6O. The Hall–Kier alpha value is -3.41. The number of anilines is 3. The highest BCUT2D eigenvalue weighted by Gasteiger charge is 2.32. The SMILES string of the molecule is Cc1cc(Nc2nccc(C(F)(F)F)n2)cc(-c2cnc(NCC(O)C(F)F)nc2)c1. The Morgan fingerprint density at radius 2 is 1.71 bits per heavy atom. The standard InChI is InChI=1S/C19H17F5N6O/c1-10-4-11(12-7-26-17(27-8-12)28-9-14(31)16(20)21)6-13(5-10)29-18-25-3-2-15(30-18)19(22,23)24/h2-8,14,16,31H,9H2,1H3,(H,25,29,30)(H,26,27,28). The fourth-order valence-corrected chi connectivity index (χ4v) is 2.58. The number of nitrogens with one attached hydrogen (secondary N) is 2. The summed E-state index contributed by atoms with van der Waals surface area (Å²) in [7, 11) is 0. The average Bonchev–Trinajstić information content (AvgIpc) is 2.71. The number of aromatic nitrogens is 4. The number of nitrogens with zero attached hydrogens (tertiary/aromatic N) is 4. The number of alkyl halides is 5. The van der Waals surface area contributed by atoms with E-state index in [4.69, 9.17) is 5.11 Å². The van der Waals surface area contributed by atoms with Crippen LogP contribution in [0.15, 0.2) is 42.9 Å². The monoisotopic (exact) mass is 440 g/mol. The van der Waals surface area contributed by atoms with Crippen LogP contribution in [0.2, 0.25) is 0 Å². The molecule has 0 aliphatic rings. The molecule has 2 heterocycles. The maximum Gasteiger partial charge on any atom is 0.433 e. The van der Waals surface area contributed by atoms with Gasteiger partial charge in [0.2, 0.25) is 11.9 Å². The number of rotatable bonds is 7. The van der Waals surface area contributed by atoms with Crippen molar-refractivity contribution in [1.82, 2.24) is 19.9 Å². The number of hydrogen-bond acceptors (Lipinski definition) is 7. The van der Waals surface area contributed by atoms with E-state index in [9.17, 15) is 22.0 Å². The molecule has 2 aromatic heterocycles. The summed E-state index contributed by atoms with van der Waals surface area (Å²) < 4.78 is 63.2. The molecule has 1 aromatic carbocycles. The van der Waals surface area contributed by atoms with Gasteiger partial charge in [0, 0.05) is 36.4 Å². The molecule has 1 unspecified atom stereocenters. The van der Waals surface area contributed by atoms with E-state index in [-0.39, 0.29) is 11.9 Å². The van der Waals surface area contributed by atoms with Gasteiger partial charge in [0.15, 0.2) is 0 Å². The Bertz CT molecular complexity index is 1030. The van der Waals surface area contributed by atoms with Crippen LogP contribution in [0.1, 0.15) is 11.3 Å². The third-order valence-corrected chi connectivity index (χ3v) is 4.02. The molecule has 0 fully saturated rings. The predicted molar refractivity (Wildman–Crippen MR) is 103 cm³/mol. The van der Waals surface area contributed by atoms with Crippen molar-refractivity contribution in [2.75, 3.05) is 17.2 Å². The molecule has 1 atom stereocenters. The lowest BCUT2D eigenvalue weighted by molar-refractivity contribution is -0.141. The molecule has 164 valence electrons. The van der Waals surface area contributed by atoms with Gasteiger partial charge in [-0.1, -0.05) is 6.07 Å². The van der Waals surface area contributed by atoms with Crippen molar-refractivity contribution in [3.63, 3.8) is 0 Å². The second-order valence-corrected chi connectivity index (χ2v) is 6.55. The minimum absolute atomic E-state index is 0.0619. The zero-order valence-electron chi connectivity index (χ0n) is 16.0. The average molecular weight is 440 g/mol. The van der Waals surface area contributed by atoms with Crippen LogP contribution in [-0.2, 0) is 6.18 Å². The summed E-state index contributed by atoms with van der Waals surface area (Å²) in [5.74, 6) is -0.147.